The number of rotatable bonds is 53. The molecule has 0 rings (SSSR count). The quantitative estimate of drug-likeness (QED) is 0.0262. The van der Waals surface area contributed by atoms with Crippen molar-refractivity contribution in [2.45, 2.75) is 309 Å². The third-order valence-electron chi connectivity index (χ3n) is 12.8. The molecule has 0 fully saturated rings. The lowest BCUT2D eigenvalue weighted by Crippen LogP contribution is -2.30. The van der Waals surface area contributed by atoms with E-state index in [0.29, 0.717) is 19.3 Å². The second-order valence-corrected chi connectivity index (χ2v) is 19.5. The van der Waals surface area contributed by atoms with Crippen molar-refractivity contribution < 1.29 is 28.6 Å². The Morgan fingerprint density at radius 3 is 0.925 bits per heavy atom. The molecule has 6 nitrogen and oxygen atoms in total. The predicted octanol–water partition coefficient (Wildman–Crippen LogP) is 19.4. The van der Waals surface area contributed by atoms with Gasteiger partial charge in [-0.2, -0.15) is 0 Å². The van der Waals surface area contributed by atoms with Gasteiger partial charge in [-0.1, -0.05) is 256 Å². The maximum atomic E-state index is 12.9. The summed E-state index contributed by atoms with van der Waals surface area (Å²) in [6.45, 7) is 6.55. The van der Waals surface area contributed by atoms with Crippen LogP contribution in [0.2, 0.25) is 0 Å². The van der Waals surface area contributed by atoms with Gasteiger partial charge in [0.05, 0.1) is 0 Å². The fraction of sp³-hybridized carbons (Fsp3) is 0.820. The smallest absolute Gasteiger partial charge is 0.306 e. The lowest BCUT2D eigenvalue weighted by atomic mass is 10.0. The molecule has 6 heteroatoms. The highest BCUT2D eigenvalue weighted by Crippen LogP contribution is 2.16. The number of hydrogen-bond donors (Lipinski definition) is 0. The molecule has 0 aromatic heterocycles. The standard InChI is InChI=1S/C61H110O6/c1-4-7-10-13-16-19-22-25-28-30-33-36-39-42-45-48-51-54-60(63)66-57-58(56-65-59(62)53-50-47-44-41-38-35-32-27-24-21-18-15-12-9-6-3)67-61(64)55-52-49-46-43-40-37-34-31-29-26-23-20-17-14-11-8-5-2/h9,12,18,21,25,27-28,32,58H,4-8,10-11,13-17,19-20,22-24,26,29-31,33-57H2,1-3H3/b12-9+,21-18+,28-25+,32-27+/t58-/m1/s1. The molecular formula is C61H110O6. The zero-order valence-electron chi connectivity index (χ0n) is 44.7. The van der Waals surface area contributed by atoms with Crippen molar-refractivity contribution in [3.05, 3.63) is 48.6 Å². The molecule has 0 aliphatic heterocycles. The van der Waals surface area contributed by atoms with Crippen LogP contribution in [0.25, 0.3) is 0 Å². The molecule has 0 amide bonds. The van der Waals surface area contributed by atoms with Crippen LogP contribution >= 0.6 is 0 Å². The summed E-state index contributed by atoms with van der Waals surface area (Å²) < 4.78 is 16.9. The van der Waals surface area contributed by atoms with Gasteiger partial charge in [0, 0.05) is 19.3 Å². The Kier molecular flexibility index (Phi) is 53.8. The van der Waals surface area contributed by atoms with Crippen LogP contribution in [0.5, 0.6) is 0 Å². The molecule has 0 saturated heterocycles. The van der Waals surface area contributed by atoms with E-state index in [2.05, 4.69) is 69.4 Å². The number of carbonyl (C=O) groups is 3. The first-order valence-corrected chi connectivity index (χ1v) is 29.1. The van der Waals surface area contributed by atoms with Gasteiger partial charge in [0.2, 0.25) is 0 Å². The third-order valence-corrected chi connectivity index (χ3v) is 12.8. The second-order valence-electron chi connectivity index (χ2n) is 19.5. The molecule has 67 heavy (non-hydrogen) atoms. The van der Waals surface area contributed by atoms with Crippen LogP contribution in [0, 0.1) is 0 Å². The molecule has 390 valence electrons. The Morgan fingerprint density at radius 2 is 0.582 bits per heavy atom. The molecule has 0 spiro atoms. The highest BCUT2D eigenvalue weighted by molar-refractivity contribution is 5.71. The molecule has 0 aromatic carbocycles. The van der Waals surface area contributed by atoms with Gasteiger partial charge >= 0.3 is 17.9 Å². The Labute approximate surface area is 416 Å². The van der Waals surface area contributed by atoms with Crippen molar-refractivity contribution in [1.29, 1.82) is 0 Å². The van der Waals surface area contributed by atoms with Crippen LogP contribution in [-0.4, -0.2) is 37.2 Å². The fourth-order valence-electron chi connectivity index (χ4n) is 8.45. The Morgan fingerprint density at radius 1 is 0.313 bits per heavy atom. The number of carbonyl (C=O) groups excluding carboxylic acids is 3. The average molecular weight is 940 g/mol. The molecule has 0 saturated carbocycles. The van der Waals surface area contributed by atoms with E-state index in [1.165, 1.54) is 167 Å². The van der Waals surface area contributed by atoms with Gasteiger partial charge in [0.1, 0.15) is 13.2 Å². The van der Waals surface area contributed by atoms with Crippen LogP contribution in [0.3, 0.4) is 0 Å². The minimum absolute atomic E-state index is 0.0780. The first-order valence-electron chi connectivity index (χ1n) is 29.1. The predicted molar refractivity (Wildman–Crippen MR) is 289 cm³/mol. The monoisotopic (exact) mass is 939 g/mol. The van der Waals surface area contributed by atoms with Gasteiger partial charge in [0.15, 0.2) is 6.10 Å². The van der Waals surface area contributed by atoms with Gasteiger partial charge in [-0.05, 0) is 77.0 Å². The topological polar surface area (TPSA) is 78.9 Å². The van der Waals surface area contributed by atoms with Gasteiger partial charge in [0.25, 0.3) is 0 Å². The van der Waals surface area contributed by atoms with E-state index in [-0.39, 0.29) is 31.1 Å². The maximum Gasteiger partial charge on any atom is 0.306 e. The molecule has 0 N–H and O–H groups in total. The molecule has 0 bridgehead atoms. The molecule has 0 heterocycles. The van der Waals surface area contributed by atoms with Crippen LogP contribution in [0.4, 0.5) is 0 Å². The van der Waals surface area contributed by atoms with Crippen LogP contribution < -0.4 is 0 Å². The minimum Gasteiger partial charge on any atom is -0.462 e. The second kappa shape index (κ2) is 56.0. The molecular weight excluding hydrogens is 829 g/mol. The summed E-state index contributed by atoms with van der Waals surface area (Å²) in [7, 11) is 0. The average Bonchev–Trinajstić information content (AvgIpc) is 3.33. The zero-order valence-corrected chi connectivity index (χ0v) is 44.7. The molecule has 0 aliphatic rings. The molecule has 0 aromatic rings. The number of unbranched alkanes of at least 4 members (excludes halogenated alkanes) is 34. The summed E-state index contributed by atoms with van der Waals surface area (Å²) in [4.78, 5) is 38.2. The van der Waals surface area contributed by atoms with E-state index in [1.807, 2.05) is 0 Å². The summed E-state index contributed by atoms with van der Waals surface area (Å²) >= 11 is 0. The summed E-state index contributed by atoms with van der Waals surface area (Å²) in [5.41, 5.74) is 0. The van der Waals surface area contributed by atoms with Crippen molar-refractivity contribution in [3.8, 4) is 0 Å². The Bertz CT molecular complexity index is 1170. The summed E-state index contributed by atoms with van der Waals surface area (Å²) in [6.07, 6.45) is 68.1. The lowest BCUT2D eigenvalue weighted by molar-refractivity contribution is -0.167. The van der Waals surface area contributed by atoms with E-state index in [0.717, 1.165) is 96.3 Å². The largest absolute Gasteiger partial charge is 0.462 e. The van der Waals surface area contributed by atoms with Gasteiger partial charge in [-0.15, -0.1) is 0 Å². The van der Waals surface area contributed by atoms with Crippen molar-refractivity contribution in [2.75, 3.05) is 13.2 Å². The first-order chi connectivity index (χ1) is 33.0. The molecule has 0 unspecified atom stereocenters. The van der Waals surface area contributed by atoms with E-state index in [4.69, 9.17) is 14.2 Å². The Hall–Kier alpha value is -2.63. The van der Waals surface area contributed by atoms with E-state index in [1.54, 1.807) is 0 Å². The third kappa shape index (κ3) is 54.2. The summed E-state index contributed by atoms with van der Waals surface area (Å²) in [6, 6.07) is 0. The number of esters is 3. The van der Waals surface area contributed by atoms with Crippen molar-refractivity contribution >= 4 is 17.9 Å². The molecule has 0 aliphatic carbocycles. The Balaban J connectivity index is 4.37. The first kappa shape index (κ1) is 64.4. The van der Waals surface area contributed by atoms with Gasteiger partial charge < -0.3 is 14.2 Å². The highest BCUT2D eigenvalue weighted by Gasteiger charge is 2.19. The SMILES string of the molecule is CC/C=C/C/C=C/C/C=C/CCCCCCCC(=O)OC[C@H](COC(=O)CCCCCCCCC/C=C/CCCCCCCC)OC(=O)CCCCCCCCCCCCCCCCCCC. The lowest BCUT2D eigenvalue weighted by Gasteiger charge is -2.18. The van der Waals surface area contributed by atoms with E-state index in [9.17, 15) is 14.4 Å². The number of allylic oxidation sites excluding steroid dienone is 8. The zero-order chi connectivity index (χ0) is 48.6. The van der Waals surface area contributed by atoms with Gasteiger partial charge in [-0.3, -0.25) is 14.4 Å². The fourth-order valence-corrected chi connectivity index (χ4v) is 8.45. The molecule has 0 radical (unpaired) electrons. The minimum atomic E-state index is -0.780. The van der Waals surface area contributed by atoms with Crippen molar-refractivity contribution in [1.82, 2.24) is 0 Å². The molecule has 1 atom stereocenters. The number of ether oxygens (including phenoxy) is 3. The van der Waals surface area contributed by atoms with E-state index >= 15 is 0 Å². The van der Waals surface area contributed by atoms with Crippen molar-refractivity contribution in [2.24, 2.45) is 0 Å². The van der Waals surface area contributed by atoms with E-state index < -0.39 is 6.10 Å². The highest BCUT2D eigenvalue weighted by atomic mass is 16.6. The summed E-state index contributed by atoms with van der Waals surface area (Å²) in [5, 5.41) is 0. The summed E-state index contributed by atoms with van der Waals surface area (Å²) in [5.74, 6) is -0.883. The maximum absolute atomic E-state index is 12.9. The van der Waals surface area contributed by atoms with Crippen LogP contribution in [0.1, 0.15) is 303 Å². The van der Waals surface area contributed by atoms with Gasteiger partial charge in [-0.25, -0.2) is 0 Å². The van der Waals surface area contributed by atoms with Crippen molar-refractivity contribution in [3.63, 3.8) is 0 Å². The van der Waals surface area contributed by atoms with Crippen LogP contribution in [-0.2, 0) is 28.6 Å². The van der Waals surface area contributed by atoms with Crippen LogP contribution in [0.15, 0.2) is 48.6 Å². The number of hydrogen-bond acceptors (Lipinski definition) is 6. The normalized spacial score (nSPS) is 12.3.